The maximum absolute atomic E-state index is 12.8. The minimum atomic E-state index is -0.111. The van der Waals surface area contributed by atoms with Gasteiger partial charge in [-0.25, -0.2) is 0 Å². The smallest absolute Gasteiger partial charge is 0.259 e. The van der Waals surface area contributed by atoms with Gasteiger partial charge in [-0.2, -0.15) is 0 Å². The molecule has 0 N–H and O–H groups in total. The van der Waals surface area contributed by atoms with E-state index in [0.29, 0.717) is 11.1 Å². The molecule has 0 atom stereocenters. The van der Waals surface area contributed by atoms with Crippen LogP contribution in [-0.4, -0.2) is 28.3 Å². The van der Waals surface area contributed by atoms with Crippen LogP contribution in [0.25, 0.3) is 0 Å². The number of rotatable bonds is 2. The molecule has 0 saturated carbocycles. The number of carbonyl (C=O) groups is 2. The van der Waals surface area contributed by atoms with Gasteiger partial charge in [0.25, 0.3) is 11.8 Å². The molecule has 0 bridgehead atoms. The SMILES string of the molecule is CC(C)(C)c1ccc(C(=O)N2C=CN(C(=O)c3ccc(C(C)(C)C)cc3)C2)cc1. The topological polar surface area (TPSA) is 40.6 Å². The van der Waals surface area contributed by atoms with Gasteiger partial charge in [-0.3, -0.25) is 19.4 Å². The Morgan fingerprint density at radius 2 is 0.931 bits per heavy atom. The molecule has 4 nitrogen and oxygen atoms in total. The number of hydrogen-bond donors (Lipinski definition) is 0. The highest BCUT2D eigenvalue weighted by Gasteiger charge is 2.25. The second-order valence-electron chi connectivity index (χ2n) is 9.64. The summed E-state index contributed by atoms with van der Waals surface area (Å²) in [6, 6.07) is 15.4. The minimum absolute atomic E-state index is 0.0425. The molecule has 1 aliphatic rings. The molecule has 1 aliphatic heterocycles. The van der Waals surface area contributed by atoms with Crippen molar-refractivity contribution in [2.24, 2.45) is 0 Å². The molecular weight excluding hydrogens is 360 g/mol. The van der Waals surface area contributed by atoms with Crippen molar-refractivity contribution in [1.82, 2.24) is 9.80 Å². The van der Waals surface area contributed by atoms with E-state index in [1.807, 2.05) is 48.5 Å². The van der Waals surface area contributed by atoms with Crippen LogP contribution in [0.1, 0.15) is 73.4 Å². The van der Waals surface area contributed by atoms with E-state index in [1.165, 1.54) is 11.1 Å². The number of amides is 2. The van der Waals surface area contributed by atoms with Crippen LogP contribution in [0, 0.1) is 0 Å². The molecule has 2 aromatic rings. The lowest BCUT2D eigenvalue weighted by Gasteiger charge is -2.21. The van der Waals surface area contributed by atoms with Crippen LogP contribution < -0.4 is 0 Å². The summed E-state index contributed by atoms with van der Waals surface area (Å²) in [5, 5.41) is 0. The van der Waals surface area contributed by atoms with Crippen molar-refractivity contribution in [1.29, 1.82) is 0 Å². The number of hydrogen-bond acceptors (Lipinski definition) is 2. The van der Waals surface area contributed by atoms with Gasteiger partial charge in [0, 0.05) is 23.5 Å². The van der Waals surface area contributed by atoms with Gasteiger partial charge in [-0.05, 0) is 46.2 Å². The Balaban J connectivity index is 1.67. The van der Waals surface area contributed by atoms with Crippen LogP contribution >= 0.6 is 0 Å². The van der Waals surface area contributed by atoms with Crippen LogP contribution in [0.15, 0.2) is 60.9 Å². The Hall–Kier alpha value is -2.88. The van der Waals surface area contributed by atoms with E-state index in [2.05, 4.69) is 41.5 Å². The lowest BCUT2D eigenvalue weighted by Crippen LogP contribution is -2.33. The molecule has 1 heterocycles. The zero-order valence-corrected chi connectivity index (χ0v) is 18.2. The Labute approximate surface area is 173 Å². The van der Waals surface area contributed by atoms with Gasteiger partial charge in [-0.1, -0.05) is 65.8 Å². The maximum Gasteiger partial charge on any atom is 0.259 e. The largest absolute Gasteiger partial charge is 0.295 e. The molecule has 0 spiro atoms. The molecule has 0 radical (unpaired) electrons. The first-order valence-corrected chi connectivity index (χ1v) is 9.98. The van der Waals surface area contributed by atoms with Crippen molar-refractivity contribution in [3.05, 3.63) is 83.2 Å². The van der Waals surface area contributed by atoms with Gasteiger partial charge >= 0.3 is 0 Å². The van der Waals surface area contributed by atoms with Crippen LogP contribution in [-0.2, 0) is 10.8 Å². The van der Waals surface area contributed by atoms with E-state index in [-0.39, 0.29) is 29.3 Å². The van der Waals surface area contributed by atoms with Gasteiger partial charge in [0.2, 0.25) is 0 Å². The van der Waals surface area contributed by atoms with Crippen LogP contribution in [0.4, 0.5) is 0 Å². The third-order valence-corrected chi connectivity index (χ3v) is 5.25. The average molecular weight is 391 g/mol. The Bertz CT molecular complexity index is 849. The minimum Gasteiger partial charge on any atom is -0.295 e. The highest BCUT2D eigenvalue weighted by Crippen LogP contribution is 2.24. The Kier molecular flexibility index (Phi) is 5.40. The molecule has 0 unspecified atom stereocenters. The number of benzene rings is 2. The van der Waals surface area contributed by atoms with Crippen molar-refractivity contribution in [2.75, 3.05) is 6.67 Å². The summed E-state index contributed by atoms with van der Waals surface area (Å²) in [6.45, 7) is 13.1. The summed E-state index contributed by atoms with van der Waals surface area (Å²) in [6.07, 6.45) is 3.34. The standard InChI is InChI=1S/C25H30N2O2/c1-24(2,3)20-11-7-18(8-12-20)22(28)26-15-16-27(17-26)23(29)19-9-13-21(14-10-19)25(4,5)6/h7-16H,17H2,1-6H3. The molecule has 0 aromatic heterocycles. The van der Waals surface area contributed by atoms with Crippen molar-refractivity contribution >= 4 is 11.8 Å². The molecule has 0 fully saturated rings. The van der Waals surface area contributed by atoms with E-state index in [0.717, 1.165) is 0 Å². The molecule has 0 saturated heterocycles. The third kappa shape index (κ3) is 4.58. The monoisotopic (exact) mass is 390 g/mol. The zero-order chi connectivity index (χ0) is 21.4. The van der Waals surface area contributed by atoms with E-state index in [9.17, 15) is 9.59 Å². The Morgan fingerprint density at radius 1 is 0.621 bits per heavy atom. The second-order valence-corrected chi connectivity index (χ2v) is 9.64. The first kappa shape index (κ1) is 20.8. The van der Waals surface area contributed by atoms with Gasteiger partial charge in [0.1, 0.15) is 6.67 Å². The summed E-state index contributed by atoms with van der Waals surface area (Å²) in [5.41, 5.74) is 3.68. The predicted molar refractivity (Wildman–Crippen MR) is 117 cm³/mol. The third-order valence-electron chi connectivity index (χ3n) is 5.25. The fourth-order valence-electron chi connectivity index (χ4n) is 3.24. The molecule has 3 rings (SSSR count). The van der Waals surface area contributed by atoms with E-state index in [4.69, 9.17) is 0 Å². The van der Waals surface area contributed by atoms with Gasteiger partial charge < -0.3 is 0 Å². The van der Waals surface area contributed by atoms with Crippen molar-refractivity contribution < 1.29 is 9.59 Å². The molecule has 4 heteroatoms. The van der Waals surface area contributed by atoms with Crippen molar-refractivity contribution in [3.63, 3.8) is 0 Å². The van der Waals surface area contributed by atoms with E-state index < -0.39 is 0 Å². The molecular formula is C25H30N2O2. The zero-order valence-electron chi connectivity index (χ0n) is 18.2. The lowest BCUT2D eigenvalue weighted by molar-refractivity contribution is 0.0721. The van der Waals surface area contributed by atoms with Crippen LogP contribution in [0.3, 0.4) is 0 Å². The fourth-order valence-corrected chi connectivity index (χ4v) is 3.24. The average Bonchev–Trinajstić information content (AvgIpc) is 3.16. The summed E-state index contributed by atoms with van der Waals surface area (Å²) >= 11 is 0. The molecule has 2 amide bonds. The summed E-state index contributed by atoms with van der Waals surface area (Å²) in [5.74, 6) is -0.222. The van der Waals surface area contributed by atoms with Crippen LogP contribution in [0.2, 0.25) is 0 Å². The van der Waals surface area contributed by atoms with Crippen molar-refractivity contribution in [2.45, 2.75) is 52.4 Å². The lowest BCUT2D eigenvalue weighted by atomic mass is 9.86. The molecule has 29 heavy (non-hydrogen) atoms. The molecule has 152 valence electrons. The summed E-state index contributed by atoms with van der Waals surface area (Å²) < 4.78 is 0. The fraction of sp³-hybridized carbons (Fsp3) is 0.360. The first-order valence-electron chi connectivity index (χ1n) is 9.98. The summed E-state index contributed by atoms with van der Waals surface area (Å²) in [7, 11) is 0. The normalized spacial score (nSPS) is 14.4. The predicted octanol–water partition coefficient (Wildman–Crippen LogP) is 5.31. The summed E-state index contributed by atoms with van der Waals surface area (Å²) in [4.78, 5) is 28.7. The van der Waals surface area contributed by atoms with Gasteiger partial charge in [-0.15, -0.1) is 0 Å². The van der Waals surface area contributed by atoms with Gasteiger partial charge in [0.05, 0.1) is 0 Å². The highest BCUT2D eigenvalue weighted by molar-refractivity contribution is 5.98. The number of carbonyl (C=O) groups excluding carboxylic acids is 2. The highest BCUT2D eigenvalue weighted by atomic mass is 16.2. The van der Waals surface area contributed by atoms with Gasteiger partial charge in [0.15, 0.2) is 0 Å². The molecule has 0 aliphatic carbocycles. The first-order chi connectivity index (χ1) is 13.5. The van der Waals surface area contributed by atoms with E-state index >= 15 is 0 Å². The van der Waals surface area contributed by atoms with Crippen molar-refractivity contribution in [3.8, 4) is 0 Å². The second kappa shape index (κ2) is 7.51. The molecule has 2 aromatic carbocycles. The Morgan fingerprint density at radius 3 is 1.21 bits per heavy atom. The van der Waals surface area contributed by atoms with E-state index in [1.54, 1.807) is 22.2 Å². The quantitative estimate of drug-likeness (QED) is 0.697. The van der Waals surface area contributed by atoms with Crippen LogP contribution in [0.5, 0.6) is 0 Å². The number of nitrogens with zero attached hydrogens (tertiary/aromatic N) is 2. The maximum atomic E-state index is 12.8.